The maximum absolute atomic E-state index is 12.9. The molecule has 41 heteroatoms. The largest absolute Gasteiger partial charge is 0.479 e. The molecule has 3 aliphatic rings. The molecule has 0 unspecified atom stereocenters. The van der Waals surface area contributed by atoms with Crippen LogP contribution in [0, 0.1) is 0 Å². The van der Waals surface area contributed by atoms with Gasteiger partial charge in [-0.05, 0) is 84.4 Å². The third kappa shape index (κ3) is 30.7. The highest BCUT2D eigenvalue weighted by Gasteiger charge is 2.51. The number of azide groups is 1. The number of hydrogen-bond donors (Lipinski definition) is 16. The summed E-state index contributed by atoms with van der Waals surface area (Å²) in [5.74, 6) is -9.93. The smallest absolute Gasteiger partial charge is 0.335 e. The van der Waals surface area contributed by atoms with Crippen molar-refractivity contribution in [2.75, 3.05) is 32.7 Å². The number of ether oxygens (including phenoxy) is 9. The Morgan fingerprint density at radius 1 is 0.471 bits per heavy atom. The molecule has 0 aromatic heterocycles. The molecule has 3 amide bonds. The van der Waals surface area contributed by atoms with Crippen LogP contribution in [0.2, 0.25) is 25.7 Å². The standard InChI is InChI=1S/C21H30BNO10Si.C18H21BN4O10.C18H23BN2O10.3C2H6/c1-34(2,3)8-4-7-23-18(27)12-9-11(10-31-21(22)30)5-6-13(12)32-20-16(26)14(24)15(25)17(33-20)19(28)29;19-18(30)31-7-8-2-3-10(9(6-8)15(27)21-4-1-5-22-23-20)32-17-13(26)11(24)12(25)14(33-17)16(28)29;19-18(28)29-7-8-2-3-10(9(6-8)15(25)21-5-1-4-20)30-17-13(24)11(22)12(23)14(31-17)16(26)27;3*1-2/h5-6,9,14-17,20,24-26H,4,7-8,10H2,1-3H3,(H,23,27)(H,28,29);2-3,6,11-14,17,24-26H,1,4-5,7H2,(H,21,27)(H,28,29);2-3,6,11-14,17,22-24H,1,4-5,7,20H2,(H,21,25)(H,26,27);3*1-2H3/t14-,15-,16+,17-,20+;2*11-,12-,13+,14-,17+;;;/m000.../s1. The average molecular weight is 1490 g/mol. The Kier molecular flexibility index (Phi) is 42.9. The summed E-state index contributed by atoms with van der Waals surface area (Å²) < 4.78 is 45.9. The van der Waals surface area contributed by atoms with Crippen LogP contribution in [0.25, 0.3) is 10.4 Å². The number of carboxylic acids is 3. The van der Waals surface area contributed by atoms with Gasteiger partial charge in [0.15, 0.2) is 18.3 Å². The predicted molar refractivity (Wildman–Crippen MR) is 368 cm³/mol. The average Bonchev–Trinajstić information content (AvgIpc) is 0.805. The van der Waals surface area contributed by atoms with Crippen molar-refractivity contribution in [2.24, 2.45) is 10.8 Å². The Morgan fingerprint density at radius 2 is 0.750 bits per heavy atom. The quantitative estimate of drug-likeness (QED) is 0.0111. The normalized spacial score (nSPS) is 23.6. The lowest BCUT2D eigenvalue weighted by atomic mass is 9.99. The summed E-state index contributed by atoms with van der Waals surface area (Å²) in [6.45, 7) is 19.2. The first kappa shape index (κ1) is 93.5. The van der Waals surface area contributed by atoms with Crippen molar-refractivity contribution in [2.45, 2.75) is 198 Å². The van der Waals surface area contributed by atoms with E-state index in [4.69, 9.17) is 87.6 Å². The predicted octanol–water partition coefficient (Wildman–Crippen LogP) is 0.334. The maximum Gasteiger partial charge on any atom is 0.335 e. The van der Waals surface area contributed by atoms with E-state index in [-0.39, 0.29) is 73.4 Å². The summed E-state index contributed by atoms with van der Waals surface area (Å²) >= 11 is 0. The Hall–Kier alpha value is -8.51. The molecule has 104 heavy (non-hydrogen) atoms. The van der Waals surface area contributed by atoms with Crippen molar-refractivity contribution in [1.29, 1.82) is 0 Å². The Bertz CT molecular complexity index is 3300. The van der Waals surface area contributed by atoms with Crippen molar-refractivity contribution >= 4 is 84.8 Å². The van der Waals surface area contributed by atoms with Gasteiger partial charge in [-0.2, -0.15) is 0 Å². The lowest BCUT2D eigenvalue weighted by molar-refractivity contribution is -0.271. The highest BCUT2D eigenvalue weighted by molar-refractivity contribution is 6.76. The molecule has 15 atom stereocenters. The first-order chi connectivity index (χ1) is 49.1. The van der Waals surface area contributed by atoms with Crippen LogP contribution in [0.4, 0.5) is 14.4 Å². The molecule has 17 N–H and O–H groups in total. The molecule has 0 aliphatic carbocycles. The fraction of sp³-hybridized carbons (Fsp3) is 0.571. The first-order valence-corrected chi connectivity index (χ1v) is 36.3. The molecule has 6 radical (unpaired) electrons. The fourth-order valence-corrected chi connectivity index (χ4v) is 10.2. The van der Waals surface area contributed by atoms with E-state index in [2.05, 4.69) is 45.6 Å². The van der Waals surface area contributed by atoms with Gasteiger partial charge in [0.2, 0.25) is 60.0 Å². The second kappa shape index (κ2) is 47.8. The lowest BCUT2D eigenvalue weighted by Crippen LogP contribution is -2.61. The molecule has 0 spiro atoms. The second-order valence-electron chi connectivity index (χ2n) is 22.8. The third-order valence-corrected chi connectivity index (χ3v) is 15.9. The molecule has 3 aliphatic heterocycles. The number of nitrogens with one attached hydrogen (secondary N) is 3. The van der Waals surface area contributed by atoms with Crippen molar-refractivity contribution < 1.29 is 147 Å². The minimum Gasteiger partial charge on any atom is -0.479 e. The van der Waals surface area contributed by atoms with E-state index in [1.54, 1.807) is 0 Å². The van der Waals surface area contributed by atoms with E-state index in [9.17, 15) is 94.2 Å². The topological polar surface area (TPSA) is 590 Å². The summed E-state index contributed by atoms with van der Waals surface area (Å²) in [5, 5.41) is 129. The van der Waals surface area contributed by atoms with Crippen LogP contribution in [-0.2, 0) is 62.6 Å². The summed E-state index contributed by atoms with van der Waals surface area (Å²) in [6, 6.07) is 13.3. The lowest BCUT2D eigenvalue weighted by Gasteiger charge is -2.38. The Labute approximate surface area is 603 Å². The molecule has 0 saturated carbocycles. The van der Waals surface area contributed by atoms with Gasteiger partial charge in [0.25, 0.3) is 17.7 Å². The van der Waals surface area contributed by atoms with E-state index in [0.29, 0.717) is 42.6 Å². The maximum atomic E-state index is 12.9. The SMILES string of the molecule is CC.CC.CC.[B]C(=O)OCc1ccc(O[C@@H]2O[C@H](C(=O)O)[C@@H](O)[C@H](O)[C@H]2O)c(C(=O)NCCCN)c1.[B]C(=O)OCc1ccc(O[C@@H]2O[C@H](C(=O)O)[C@@H](O)[C@H](O)[C@H]2O)c(C(=O)NCCCN=[N+]=[N-])c1.[B]C(=O)OCc1ccc(O[C@@H]2O[C@H](C(=O)O)[C@@H](O)[C@H](O)[C@H]2O)c(C(=O)NCCC[Si](C)(C)C)c1. The molecule has 3 aromatic rings. The third-order valence-electron chi connectivity index (χ3n) is 14.0. The molecule has 0 bridgehead atoms. The number of nitrogens with zero attached hydrogens (tertiary/aromatic N) is 3. The van der Waals surface area contributed by atoms with Gasteiger partial charge in [0, 0.05) is 39.2 Å². The number of hydrogen-bond acceptors (Lipinski definition) is 29. The van der Waals surface area contributed by atoms with Crippen LogP contribution >= 0.6 is 0 Å². The van der Waals surface area contributed by atoms with E-state index >= 15 is 0 Å². The van der Waals surface area contributed by atoms with Gasteiger partial charge < -0.3 is 126 Å². The summed E-state index contributed by atoms with van der Waals surface area (Å²) in [5.41, 5.74) is 14.7. The van der Waals surface area contributed by atoms with Crippen molar-refractivity contribution in [3.05, 3.63) is 98.4 Å². The summed E-state index contributed by atoms with van der Waals surface area (Å²) in [4.78, 5) is 107. The molecule has 3 fully saturated rings. The Morgan fingerprint density at radius 3 is 1.00 bits per heavy atom. The number of rotatable bonds is 29. The zero-order valence-electron chi connectivity index (χ0n) is 58.7. The molecule has 3 heterocycles. The molecular formula is C63H92B3N7O30Si. The number of carbonyl (C=O) groups is 9. The molecule has 3 aromatic carbocycles. The monoisotopic (exact) mass is 1490 g/mol. The van der Waals surface area contributed by atoms with Crippen LogP contribution in [0.1, 0.15) is 109 Å². The number of amides is 3. The number of carboxylic acid groups (broad SMARTS) is 3. The van der Waals surface area contributed by atoms with Gasteiger partial charge in [-0.15, -0.1) is 0 Å². The number of nitrogens with two attached hydrogens (primary N) is 1. The van der Waals surface area contributed by atoms with Gasteiger partial charge >= 0.3 is 17.9 Å². The fourth-order valence-electron chi connectivity index (χ4n) is 8.94. The van der Waals surface area contributed by atoms with E-state index in [0.717, 1.165) is 12.5 Å². The minimum absolute atomic E-state index is 0.00172. The minimum atomic E-state index is -1.91. The van der Waals surface area contributed by atoms with Crippen LogP contribution in [0.15, 0.2) is 59.7 Å². The van der Waals surface area contributed by atoms with Gasteiger partial charge in [-0.1, -0.05) is 90.5 Å². The number of benzene rings is 3. The molecular weight excluding hydrogens is 1400 g/mol. The van der Waals surface area contributed by atoms with Crippen LogP contribution in [0.5, 0.6) is 17.2 Å². The Balaban J connectivity index is 0.000000752. The number of aliphatic hydroxyl groups excluding tert-OH is 9. The van der Waals surface area contributed by atoms with Crippen LogP contribution in [0.3, 0.4) is 0 Å². The van der Waals surface area contributed by atoms with E-state index < -0.39 is 153 Å². The number of carbonyl (C=O) groups excluding carboxylic acids is 6. The highest BCUT2D eigenvalue weighted by atomic mass is 28.3. The van der Waals surface area contributed by atoms with Crippen molar-refractivity contribution in [3.8, 4) is 17.2 Å². The summed E-state index contributed by atoms with van der Waals surface area (Å²) in [6.07, 6.45) is -25.9. The van der Waals surface area contributed by atoms with E-state index in [1.165, 1.54) is 54.6 Å². The molecule has 6 rings (SSSR count). The highest BCUT2D eigenvalue weighted by Crippen LogP contribution is 2.32. The van der Waals surface area contributed by atoms with Crippen LogP contribution < -0.4 is 35.9 Å². The van der Waals surface area contributed by atoms with Crippen molar-refractivity contribution in [1.82, 2.24) is 16.0 Å². The summed E-state index contributed by atoms with van der Waals surface area (Å²) in [7, 11) is 13.6. The second-order valence-corrected chi connectivity index (χ2v) is 28.4. The van der Waals surface area contributed by atoms with Crippen LogP contribution in [-0.4, -0.2) is 271 Å². The van der Waals surface area contributed by atoms with Gasteiger partial charge in [0.1, 0.15) is 92.0 Å². The van der Waals surface area contributed by atoms with E-state index in [1.807, 2.05) is 41.5 Å². The van der Waals surface area contributed by atoms with Gasteiger partial charge in [0.05, 0.1) is 16.7 Å². The van der Waals surface area contributed by atoms with Gasteiger partial charge in [-0.3, -0.25) is 28.8 Å². The zero-order chi connectivity index (χ0) is 79.3. The number of aliphatic carboxylic acids is 3. The zero-order valence-corrected chi connectivity index (χ0v) is 59.7. The molecule has 3 saturated heterocycles. The molecule has 572 valence electrons. The number of aliphatic hydroxyl groups is 9. The molecule has 37 nitrogen and oxygen atoms in total. The first-order valence-electron chi connectivity index (χ1n) is 32.6. The van der Waals surface area contributed by atoms with Crippen molar-refractivity contribution in [3.63, 3.8) is 0 Å². The van der Waals surface area contributed by atoms with Gasteiger partial charge in [-0.25, -0.2) is 14.4 Å².